The zero-order chi connectivity index (χ0) is 8.55. The Labute approximate surface area is 67.9 Å². The van der Waals surface area contributed by atoms with Gasteiger partial charge in [-0.25, -0.2) is 0 Å². The fourth-order valence-electron chi connectivity index (χ4n) is 0.998. The molecule has 0 aliphatic heterocycles. The van der Waals surface area contributed by atoms with Gasteiger partial charge in [-0.3, -0.25) is 0 Å². The highest BCUT2D eigenvalue weighted by Gasteiger charge is 2.08. The molecule has 0 aromatic carbocycles. The molecule has 0 saturated heterocycles. The van der Waals surface area contributed by atoms with Crippen LogP contribution in [0.4, 0.5) is 0 Å². The quantitative estimate of drug-likeness (QED) is 0.619. The van der Waals surface area contributed by atoms with Crippen LogP contribution in [0.5, 0.6) is 5.88 Å². The highest BCUT2D eigenvalue weighted by atomic mass is 16.3. The maximum Gasteiger partial charge on any atom is 0.229 e. The lowest BCUT2D eigenvalue weighted by atomic mass is 10.4. The molecule has 2 N–H and O–H groups in total. The van der Waals surface area contributed by atoms with Crippen molar-refractivity contribution >= 4 is 0 Å². The van der Waals surface area contributed by atoms with Gasteiger partial charge in [-0.2, -0.15) is 20.4 Å². The van der Waals surface area contributed by atoms with Crippen molar-refractivity contribution in [2.24, 2.45) is 7.05 Å². The first-order chi connectivity index (χ1) is 5.77. The topological polar surface area (TPSA) is 79.6 Å². The molecule has 0 aliphatic rings. The summed E-state index contributed by atoms with van der Waals surface area (Å²) in [4.78, 5) is 3.85. The second-order valence-corrected chi connectivity index (χ2v) is 2.39. The van der Waals surface area contributed by atoms with Gasteiger partial charge >= 0.3 is 0 Å². The van der Waals surface area contributed by atoms with Gasteiger partial charge in [-0.15, -0.1) is 0 Å². The average molecular weight is 165 g/mol. The lowest BCUT2D eigenvalue weighted by molar-refractivity contribution is 0.456. The van der Waals surface area contributed by atoms with Crippen LogP contribution in [-0.2, 0) is 7.05 Å². The number of aryl methyl sites for hydroxylation is 1. The molecule has 6 heteroatoms. The third kappa shape index (κ3) is 0.931. The molecular formula is C6H7N5O. The van der Waals surface area contributed by atoms with Gasteiger partial charge in [-0.05, 0) is 0 Å². The summed E-state index contributed by atoms with van der Waals surface area (Å²) in [5.41, 5.74) is 0.609. The summed E-state index contributed by atoms with van der Waals surface area (Å²) in [6.45, 7) is 0. The van der Waals surface area contributed by atoms with E-state index >= 15 is 0 Å². The molecule has 12 heavy (non-hydrogen) atoms. The van der Waals surface area contributed by atoms with E-state index in [1.54, 1.807) is 17.8 Å². The Balaban J connectivity index is 2.54. The van der Waals surface area contributed by atoms with Crippen LogP contribution in [0.2, 0.25) is 0 Å². The third-order valence-electron chi connectivity index (χ3n) is 1.51. The van der Waals surface area contributed by atoms with E-state index in [0.29, 0.717) is 11.5 Å². The smallest absolute Gasteiger partial charge is 0.229 e. The Bertz CT molecular complexity index is 377. The maximum absolute atomic E-state index is 9.04. The van der Waals surface area contributed by atoms with Crippen molar-refractivity contribution in [3.63, 3.8) is 0 Å². The Morgan fingerprint density at radius 2 is 2.42 bits per heavy atom. The highest BCUT2D eigenvalue weighted by Crippen LogP contribution is 2.16. The SMILES string of the molecule is Cn1cc(O)nc1-c1cn[nH]n1. The summed E-state index contributed by atoms with van der Waals surface area (Å²) in [5.74, 6) is 0.566. The molecule has 2 aromatic rings. The first kappa shape index (κ1) is 6.84. The molecule has 0 bridgehead atoms. The third-order valence-corrected chi connectivity index (χ3v) is 1.51. The molecule has 2 heterocycles. The Hall–Kier alpha value is -1.85. The van der Waals surface area contributed by atoms with E-state index in [0.717, 1.165) is 0 Å². The van der Waals surface area contributed by atoms with Crippen LogP contribution in [0.15, 0.2) is 12.4 Å². The van der Waals surface area contributed by atoms with Gasteiger partial charge in [0.2, 0.25) is 5.88 Å². The van der Waals surface area contributed by atoms with Crippen LogP contribution in [0.3, 0.4) is 0 Å². The fraction of sp³-hybridized carbons (Fsp3) is 0.167. The van der Waals surface area contributed by atoms with Crippen molar-refractivity contribution in [3.05, 3.63) is 12.4 Å². The lowest BCUT2D eigenvalue weighted by Crippen LogP contribution is -1.90. The molecule has 2 rings (SSSR count). The number of hydrogen-bond donors (Lipinski definition) is 2. The summed E-state index contributed by atoms with van der Waals surface area (Å²) in [7, 11) is 1.77. The Morgan fingerprint density at radius 3 is 2.92 bits per heavy atom. The minimum absolute atomic E-state index is 0.0181. The molecule has 62 valence electrons. The zero-order valence-corrected chi connectivity index (χ0v) is 6.39. The molecule has 0 spiro atoms. The van der Waals surface area contributed by atoms with Crippen LogP contribution in [0, 0.1) is 0 Å². The molecule has 6 nitrogen and oxygen atoms in total. The van der Waals surface area contributed by atoms with Gasteiger partial charge in [0, 0.05) is 7.05 Å². The van der Waals surface area contributed by atoms with Crippen LogP contribution >= 0.6 is 0 Å². The lowest BCUT2D eigenvalue weighted by Gasteiger charge is -1.92. The Morgan fingerprint density at radius 1 is 1.58 bits per heavy atom. The van der Waals surface area contributed by atoms with E-state index in [1.165, 1.54) is 6.20 Å². The van der Waals surface area contributed by atoms with Crippen molar-refractivity contribution in [2.75, 3.05) is 0 Å². The number of aromatic amines is 1. The van der Waals surface area contributed by atoms with Crippen molar-refractivity contribution in [1.29, 1.82) is 0 Å². The van der Waals surface area contributed by atoms with E-state index in [4.69, 9.17) is 5.11 Å². The van der Waals surface area contributed by atoms with Crippen molar-refractivity contribution < 1.29 is 5.11 Å². The van der Waals surface area contributed by atoms with Crippen LogP contribution in [-0.4, -0.2) is 30.1 Å². The number of hydrogen-bond acceptors (Lipinski definition) is 4. The Kier molecular flexibility index (Phi) is 1.33. The normalized spacial score (nSPS) is 10.4. The number of H-pyrrole nitrogens is 1. The summed E-state index contributed by atoms with van der Waals surface area (Å²) < 4.78 is 1.67. The van der Waals surface area contributed by atoms with E-state index in [-0.39, 0.29) is 5.88 Å². The van der Waals surface area contributed by atoms with Crippen LogP contribution < -0.4 is 0 Å². The summed E-state index contributed by atoms with van der Waals surface area (Å²) in [5, 5.41) is 19.0. The zero-order valence-electron chi connectivity index (χ0n) is 6.39. The van der Waals surface area contributed by atoms with E-state index in [2.05, 4.69) is 20.4 Å². The predicted molar refractivity (Wildman–Crippen MR) is 40.2 cm³/mol. The molecule has 0 atom stereocenters. The first-order valence-electron chi connectivity index (χ1n) is 3.36. The van der Waals surface area contributed by atoms with Gasteiger partial charge in [0.1, 0.15) is 5.69 Å². The monoisotopic (exact) mass is 165 g/mol. The molecule has 2 aromatic heterocycles. The minimum Gasteiger partial charge on any atom is -0.492 e. The van der Waals surface area contributed by atoms with E-state index in [9.17, 15) is 0 Å². The maximum atomic E-state index is 9.04. The number of rotatable bonds is 1. The van der Waals surface area contributed by atoms with Gasteiger partial charge in [0.25, 0.3) is 0 Å². The van der Waals surface area contributed by atoms with E-state index in [1.807, 2.05) is 0 Å². The number of nitrogens with one attached hydrogen (secondary N) is 1. The van der Waals surface area contributed by atoms with Gasteiger partial charge in [0.05, 0.1) is 12.4 Å². The van der Waals surface area contributed by atoms with E-state index < -0.39 is 0 Å². The molecule has 0 aliphatic carbocycles. The number of imidazole rings is 1. The molecule has 0 radical (unpaired) electrons. The molecule has 0 fully saturated rings. The van der Waals surface area contributed by atoms with Gasteiger partial charge in [0.15, 0.2) is 5.82 Å². The number of aromatic hydroxyl groups is 1. The average Bonchev–Trinajstić information content (AvgIpc) is 2.58. The molecule has 0 unspecified atom stereocenters. The van der Waals surface area contributed by atoms with Gasteiger partial charge in [-0.1, -0.05) is 0 Å². The highest BCUT2D eigenvalue weighted by molar-refractivity contribution is 5.48. The first-order valence-corrected chi connectivity index (χ1v) is 3.36. The second-order valence-electron chi connectivity index (χ2n) is 2.39. The summed E-state index contributed by atoms with van der Waals surface area (Å²) in [6.07, 6.45) is 3.05. The largest absolute Gasteiger partial charge is 0.492 e. The summed E-state index contributed by atoms with van der Waals surface area (Å²) >= 11 is 0. The summed E-state index contributed by atoms with van der Waals surface area (Å²) in [6, 6.07) is 0. The van der Waals surface area contributed by atoms with Crippen LogP contribution in [0.1, 0.15) is 0 Å². The molecule has 0 saturated carbocycles. The standard InChI is InChI=1S/C6H7N5O/c1-11-3-5(12)8-6(11)4-2-7-10-9-4/h2-3,12H,1H3,(H,7,9,10). The predicted octanol–water partition coefficient (Wildman–Crippen LogP) is -0.0892. The van der Waals surface area contributed by atoms with Crippen molar-refractivity contribution in [3.8, 4) is 17.4 Å². The van der Waals surface area contributed by atoms with Crippen LogP contribution in [0.25, 0.3) is 11.5 Å². The van der Waals surface area contributed by atoms with Crippen molar-refractivity contribution in [1.82, 2.24) is 25.0 Å². The second kappa shape index (κ2) is 2.33. The van der Waals surface area contributed by atoms with Crippen molar-refractivity contribution in [2.45, 2.75) is 0 Å². The number of nitrogens with zero attached hydrogens (tertiary/aromatic N) is 4. The van der Waals surface area contributed by atoms with Gasteiger partial charge < -0.3 is 9.67 Å². The fourth-order valence-corrected chi connectivity index (χ4v) is 0.998. The molecule has 0 amide bonds. The molecular weight excluding hydrogens is 158 g/mol. The number of aromatic nitrogens is 5. The minimum atomic E-state index is -0.0181.